The molecule has 1 aromatic carbocycles. The molecule has 17 heavy (non-hydrogen) atoms. The number of ether oxygens (including phenoxy) is 1. The quantitative estimate of drug-likeness (QED) is 0.341. The molecule has 1 aromatic rings. The van der Waals surface area contributed by atoms with Gasteiger partial charge >= 0.3 is 11.7 Å². The number of nitrogens with zero attached hydrogens (tertiary/aromatic N) is 1. The summed E-state index contributed by atoms with van der Waals surface area (Å²) in [7, 11) is 0. The molecule has 0 N–H and O–H groups in total. The number of para-hydroxylation sites is 2. The summed E-state index contributed by atoms with van der Waals surface area (Å²) < 4.78 is 5.04. The highest BCUT2D eigenvalue weighted by molar-refractivity contribution is 5.75. The molecule has 0 bridgehead atoms. The van der Waals surface area contributed by atoms with Crippen LogP contribution in [-0.2, 0) is 4.79 Å². The van der Waals surface area contributed by atoms with Crippen molar-refractivity contribution in [2.75, 3.05) is 0 Å². The second-order valence-corrected chi connectivity index (χ2v) is 3.84. The molecular formula is C12H15NO4. The Hall–Kier alpha value is -1.91. The molecule has 0 radical (unpaired) electrons. The summed E-state index contributed by atoms with van der Waals surface area (Å²) in [4.78, 5) is 21.8. The van der Waals surface area contributed by atoms with Crippen LogP contribution < -0.4 is 4.74 Å². The van der Waals surface area contributed by atoms with E-state index in [0.29, 0.717) is 6.42 Å². The molecular weight excluding hydrogens is 222 g/mol. The molecule has 0 saturated carbocycles. The van der Waals surface area contributed by atoms with Crippen LogP contribution in [0.4, 0.5) is 5.69 Å². The monoisotopic (exact) mass is 237 g/mol. The Kier molecular flexibility index (Phi) is 4.63. The van der Waals surface area contributed by atoms with E-state index in [1.54, 1.807) is 13.0 Å². The van der Waals surface area contributed by atoms with Crippen molar-refractivity contribution in [3.8, 4) is 5.75 Å². The van der Waals surface area contributed by atoms with Gasteiger partial charge in [0.2, 0.25) is 5.75 Å². The molecule has 0 aliphatic rings. The maximum Gasteiger partial charge on any atom is 0.314 e. The molecule has 1 atom stereocenters. The van der Waals surface area contributed by atoms with Gasteiger partial charge < -0.3 is 4.74 Å². The fourth-order valence-electron chi connectivity index (χ4n) is 1.45. The van der Waals surface area contributed by atoms with Crippen LogP contribution >= 0.6 is 0 Å². The van der Waals surface area contributed by atoms with Crippen molar-refractivity contribution in [1.82, 2.24) is 0 Å². The highest BCUT2D eigenvalue weighted by Crippen LogP contribution is 2.26. The van der Waals surface area contributed by atoms with Crippen molar-refractivity contribution in [2.45, 2.75) is 26.7 Å². The maximum absolute atomic E-state index is 11.6. The fraction of sp³-hybridized carbons (Fsp3) is 0.417. The average Bonchev–Trinajstić information content (AvgIpc) is 2.29. The lowest BCUT2D eigenvalue weighted by molar-refractivity contribution is -0.385. The topological polar surface area (TPSA) is 69.4 Å². The summed E-state index contributed by atoms with van der Waals surface area (Å²) in [5.74, 6) is -0.675. The van der Waals surface area contributed by atoms with Gasteiger partial charge in [-0.05, 0) is 12.5 Å². The van der Waals surface area contributed by atoms with Crippen molar-refractivity contribution in [3.63, 3.8) is 0 Å². The summed E-state index contributed by atoms with van der Waals surface area (Å²) in [5, 5.41) is 10.7. The highest BCUT2D eigenvalue weighted by atomic mass is 16.6. The van der Waals surface area contributed by atoms with Crippen molar-refractivity contribution in [3.05, 3.63) is 34.4 Å². The molecule has 92 valence electrons. The van der Waals surface area contributed by atoms with Gasteiger partial charge in [-0.1, -0.05) is 32.4 Å². The summed E-state index contributed by atoms with van der Waals surface area (Å²) in [6.45, 7) is 3.72. The fourth-order valence-corrected chi connectivity index (χ4v) is 1.45. The van der Waals surface area contributed by atoms with E-state index in [9.17, 15) is 14.9 Å². The van der Waals surface area contributed by atoms with Gasteiger partial charge in [-0.25, -0.2) is 0 Å². The molecule has 0 aliphatic carbocycles. The molecule has 0 amide bonds. The van der Waals surface area contributed by atoms with E-state index in [2.05, 4.69) is 0 Å². The van der Waals surface area contributed by atoms with Crippen LogP contribution in [-0.4, -0.2) is 10.9 Å². The molecule has 0 spiro atoms. The first kappa shape index (κ1) is 13.2. The molecule has 5 heteroatoms. The number of rotatable bonds is 5. The largest absolute Gasteiger partial charge is 0.419 e. The minimum Gasteiger partial charge on any atom is -0.419 e. The van der Waals surface area contributed by atoms with E-state index in [1.807, 2.05) is 6.92 Å². The smallest absolute Gasteiger partial charge is 0.314 e. The summed E-state index contributed by atoms with van der Waals surface area (Å²) >= 11 is 0. The summed E-state index contributed by atoms with van der Waals surface area (Å²) in [6.07, 6.45) is 1.58. The Morgan fingerprint density at radius 1 is 1.47 bits per heavy atom. The van der Waals surface area contributed by atoms with Crippen molar-refractivity contribution in [1.29, 1.82) is 0 Å². The number of nitro benzene ring substituents is 1. The van der Waals surface area contributed by atoms with E-state index in [0.717, 1.165) is 6.42 Å². The number of nitro groups is 1. The van der Waals surface area contributed by atoms with E-state index < -0.39 is 10.9 Å². The van der Waals surface area contributed by atoms with Gasteiger partial charge in [0.05, 0.1) is 10.8 Å². The van der Waals surface area contributed by atoms with Gasteiger partial charge in [0.15, 0.2) is 0 Å². The Bertz CT molecular complexity index is 417. The predicted molar refractivity (Wildman–Crippen MR) is 62.8 cm³/mol. The number of carbonyl (C=O) groups excluding carboxylic acids is 1. The first-order chi connectivity index (χ1) is 8.06. The molecule has 0 heterocycles. The Balaban J connectivity index is 2.81. The van der Waals surface area contributed by atoms with Gasteiger partial charge in [0.1, 0.15) is 0 Å². The van der Waals surface area contributed by atoms with Gasteiger partial charge in [-0.15, -0.1) is 0 Å². The normalized spacial score (nSPS) is 11.9. The van der Waals surface area contributed by atoms with E-state index in [4.69, 9.17) is 4.74 Å². The van der Waals surface area contributed by atoms with Crippen LogP contribution in [0.2, 0.25) is 0 Å². The molecule has 1 rings (SSSR count). The Morgan fingerprint density at radius 2 is 2.12 bits per heavy atom. The van der Waals surface area contributed by atoms with Gasteiger partial charge in [0, 0.05) is 6.07 Å². The van der Waals surface area contributed by atoms with E-state index in [-0.39, 0.29) is 17.4 Å². The Morgan fingerprint density at radius 3 is 2.71 bits per heavy atom. The lowest BCUT2D eigenvalue weighted by Gasteiger charge is -2.09. The standard InChI is InChI=1S/C12H15NO4/c1-3-6-9(2)12(14)17-11-8-5-4-7-10(11)13(15)16/h4-5,7-9H,3,6H2,1-2H3. The molecule has 0 aromatic heterocycles. The lowest BCUT2D eigenvalue weighted by atomic mass is 10.1. The van der Waals surface area contributed by atoms with Crippen LogP contribution in [0.5, 0.6) is 5.75 Å². The molecule has 0 aliphatic heterocycles. The number of carbonyl (C=O) groups is 1. The zero-order valence-corrected chi connectivity index (χ0v) is 9.88. The molecule has 1 unspecified atom stereocenters. The van der Waals surface area contributed by atoms with Crippen molar-refractivity contribution >= 4 is 11.7 Å². The first-order valence-corrected chi connectivity index (χ1v) is 5.51. The van der Waals surface area contributed by atoms with Crippen LogP contribution in [0.1, 0.15) is 26.7 Å². The van der Waals surface area contributed by atoms with E-state index >= 15 is 0 Å². The van der Waals surface area contributed by atoms with Crippen LogP contribution in [0.25, 0.3) is 0 Å². The third-order valence-electron chi connectivity index (χ3n) is 2.40. The molecule has 0 fully saturated rings. The third kappa shape index (κ3) is 3.55. The van der Waals surface area contributed by atoms with Gasteiger partial charge in [0.25, 0.3) is 0 Å². The average molecular weight is 237 g/mol. The lowest BCUT2D eigenvalue weighted by Crippen LogP contribution is -2.18. The number of hydrogen-bond donors (Lipinski definition) is 0. The zero-order chi connectivity index (χ0) is 12.8. The second-order valence-electron chi connectivity index (χ2n) is 3.84. The zero-order valence-electron chi connectivity index (χ0n) is 9.88. The summed E-state index contributed by atoms with van der Waals surface area (Å²) in [5.41, 5.74) is -0.190. The van der Waals surface area contributed by atoms with Crippen LogP contribution in [0.3, 0.4) is 0 Å². The first-order valence-electron chi connectivity index (χ1n) is 5.51. The van der Waals surface area contributed by atoms with Crippen LogP contribution in [0, 0.1) is 16.0 Å². The van der Waals surface area contributed by atoms with Gasteiger partial charge in [-0.3, -0.25) is 14.9 Å². The maximum atomic E-state index is 11.6. The summed E-state index contributed by atoms with van der Waals surface area (Å²) in [6, 6.07) is 5.87. The third-order valence-corrected chi connectivity index (χ3v) is 2.40. The second kappa shape index (κ2) is 5.98. The number of hydrogen-bond acceptors (Lipinski definition) is 4. The predicted octanol–water partition coefficient (Wildman–Crippen LogP) is 2.94. The van der Waals surface area contributed by atoms with E-state index in [1.165, 1.54) is 18.2 Å². The SMILES string of the molecule is CCCC(C)C(=O)Oc1ccccc1[N+](=O)[O-]. The van der Waals surface area contributed by atoms with Crippen LogP contribution in [0.15, 0.2) is 24.3 Å². The minimum atomic E-state index is -0.562. The Labute approximate surface area is 99.5 Å². The van der Waals surface area contributed by atoms with Crippen molar-refractivity contribution in [2.24, 2.45) is 5.92 Å². The number of benzene rings is 1. The van der Waals surface area contributed by atoms with Gasteiger partial charge in [-0.2, -0.15) is 0 Å². The van der Waals surface area contributed by atoms with Crippen molar-refractivity contribution < 1.29 is 14.5 Å². The minimum absolute atomic E-state index is 0.00505. The molecule has 5 nitrogen and oxygen atoms in total. The number of esters is 1. The highest BCUT2D eigenvalue weighted by Gasteiger charge is 2.20. The molecule has 0 saturated heterocycles.